The minimum Gasteiger partial charge on any atom is -0.323 e. The average molecular weight is 413 g/mol. The number of carbonyl (C=O) groups is 2. The number of benzene rings is 1. The van der Waals surface area contributed by atoms with E-state index < -0.39 is 5.54 Å². The Morgan fingerprint density at radius 1 is 1.07 bits per heavy atom. The van der Waals surface area contributed by atoms with E-state index in [-0.39, 0.29) is 18.0 Å². The zero-order chi connectivity index (χ0) is 21.3. The summed E-state index contributed by atoms with van der Waals surface area (Å²) in [6.45, 7) is 12.2. The van der Waals surface area contributed by atoms with E-state index in [2.05, 4.69) is 60.2 Å². The van der Waals surface area contributed by atoms with Crippen LogP contribution < -0.4 is 5.32 Å². The normalized spacial score (nSPS) is 23.5. The quantitative estimate of drug-likeness (QED) is 0.756. The lowest BCUT2D eigenvalue weighted by Crippen LogP contribution is -2.56. The molecule has 3 fully saturated rings. The van der Waals surface area contributed by atoms with Crippen molar-refractivity contribution in [2.24, 2.45) is 5.92 Å². The lowest BCUT2D eigenvalue weighted by Gasteiger charge is -2.39. The molecule has 3 heterocycles. The summed E-state index contributed by atoms with van der Waals surface area (Å²) < 4.78 is 0. The van der Waals surface area contributed by atoms with Crippen molar-refractivity contribution in [2.45, 2.75) is 64.6 Å². The van der Waals surface area contributed by atoms with Crippen molar-refractivity contribution in [1.29, 1.82) is 0 Å². The number of nitrogens with zero attached hydrogens (tertiary/aromatic N) is 3. The van der Waals surface area contributed by atoms with Gasteiger partial charge in [-0.3, -0.25) is 14.6 Å². The van der Waals surface area contributed by atoms with E-state index in [0.29, 0.717) is 5.92 Å². The smallest absolute Gasteiger partial charge is 0.323 e. The molecule has 3 aliphatic heterocycles. The average Bonchev–Trinajstić information content (AvgIpc) is 2.94. The highest BCUT2D eigenvalue weighted by Gasteiger charge is 2.54. The molecule has 3 saturated heterocycles. The number of carbonyl (C=O) groups excluding carboxylic acids is 2. The minimum atomic E-state index is -0.663. The molecule has 1 aromatic rings. The summed E-state index contributed by atoms with van der Waals surface area (Å²) in [6.07, 6.45) is 3.18. The molecular formula is C24H36N4O2. The Morgan fingerprint density at radius 2 is 1.77 bits per heavy atom. The Bertz CT molecular complexity index is 777. The highest BCUT2D eigenvalue weighted by atomic mass is 16.2. The van der Waals surface area contributed by atoms with Gasteiger partial charge in [-0.2, -0.15) is 0 Å². The number of aryl methyl sites for hydroxylation is 1. The van der Waals surface area contributed by atoms with Crippen LogP contribution in [-0.2, 0) is 11.3 Å². The number of hydrogen-bond acceptors (Lipinski definition) is 4. The molecule has 0 atom stereocenters. The summed E-state index contributed by atoms with van der Waals surface area (Å²) in [4.78, 5) is 32.6. The summed E-state index contributed by atoms with van der Waals surface area (Å²) in [5.74, 6) is 0.642. The van der Waals surface area contributed by atoms with Crippen molar-refractivity contribution in [1.82, 2.24) is 20.0 Å². The molecule has 0 aliphatic carbocycles. The van der Waals surface area contributed by atoms with Gasteiger partial charge >= 0.3 is 6.03 Å². The van der Waals surface area contributed by atoms with Crippen LogP contribution in [0.2, 0.25) is 0 Å². The lowest BCUT2D eigenvalue weighted by atomic mass is 9.86. The Kier molecular flexibility index (Phi) is 6.16. The Morgan fingerprint density at radius 3 is 2.40 bits per heavy atom. The topological polar surface area (TPSA) is 55.9 Å². The molecule has 0 aromatic heterocycles. The van der Waals surface area contributed by atoms with Gasteiger partial charge in [0.1, 0.15) is 5.54 Å². The van der Waals surface area contributed by atoms with Crippen molar-refractivity contribution in [3.05, 3.63) is 35.4 Å². The van der Waals surface area contributed by atoms with Crippen molar-refractivity contribution in [3.8, 4) is 0 Å². The van der Waals surface area contributed by atoms with E-state index in [1.165, 1.54) is 11.1 Å². The minimum absolute atomic E-state index is 0.0221. The van der Waals surface area contributed by atoms with E-state index in [1.807, 2.05) is 0 Å². The third-order valence-corrected chi connectivity index (χ3v) is 6.94. The SMILES string of the molecule is Cc1cccc(CN2CCC(N3C(=O)NC4(CCN(CC(C)C)CC4)C3=O)CC2)c1. The van der Waals surface area contributed by atoms with Gasteiger partial charge in [0.15, 0.2) is 0 Å². The first-order valence-electron chi connectivity index (χ1n) is 11.5. The first-order chi connectivity index (χ1) is 14.4. The number of likely N-dealkylation sites (tertiary alicyclic amines) is 2. The second kappa shape index (κ2) is 8.67. The molecule has 3 aliphatic rings. The third-order valence-electron chi connectivity index (χ3n) is 6.94. The van der Waals surface area contributed by atoms with E-state index in [1.54, 1.807) is 4.90 Å². The zero-order valence-corrected chi connectivity index (χ0v) is 18.7. The standard InChI is InChI=1S/C24H36N4O2/c1-18(2)16-27-13-9-24(10-14-27)22(29)28(23(30)25-24)21-7-11-26(12-8-21)17-20-6-4-5-19(3)15-20/h4-6,15,18,21H,7-14,16-17H2,1-3H3,(H,25,30). The summed E-state index contributed by atoms with van der Waals surface area (Å²) >= 11 is 0. The van der Waals surface area contributed by atoms with E-state index in [4.69, 9.17) is 0 Å². The number of imide groups is 1. The number of amides is 3. The van der Waals surface area contributed by atoms with Gasteiger partial charge in [0.25, 0.3) is 5.91 Å². The van der Waals surface area contributed by atoms with Crippen molar-refractivity contribution in [3.63, 3.8) is 0 Å². The highest BCUT2D eigenvalue weighted by molar-refractivity contribution is 6.07. The van der Waals surface area contributed by atoms with Gasteiger partial charge in [0.05, 0.1) is 0 Å². The van der Waals surface area contributed by atoms with Gasteiger partial charge in [-0.05, 0) is 44.1 Å². The number of piperidine rings is 2. The predicted octanol–water partition coefficient (Wildman–Crippen LogP) is 3.00. The molecule has 0 unspecified atom stereocenters. The number of urea groups is 1. The van der Waals surface area contributed by atoms with Crippen LogP contribution in [0.5, 0.6) is 0 Å². The van der Waals surface area contributed by atoms with E-state index in [9.17, 15) is 9.59 Å². The fourth-order valence-electron chi connectivity index (χ4n) is 5.35. The second-order valence-electron chi connectivity index (χ2n) is 9.88. The van der Waals surface area contributed by atoms with Crippen molar-refractivity contribution >= 4 is 11.9 Å². The molecular weight excluding hydrogens is 376 g/mol. The van der Waals surface area contributed by atoms with Gasteiger partial charge in [-0.25, -0.2) is 4.79 Å². The van der Waals surface area contributed by atoms with Crippen molar-refractivity contribution in [2.75, 3.05) is 32.7 Å². The summed E-state index contributed by atoms with van der Waals surface area (Å²) in [6, 6.07) is 8.49. The Balaban J connectivity index is 1.33. The van der Waals surface area contributed by atoms with Gasteiger partial charge in [0.2, 0.25) is 0 Å². The third kappa shape index (κ3) is 4.40. The van der Waals surface area contributed by atoms with Crippen LogP contribution in [0.3, 0.4) is 0 Å². The number of rotatable bonds is 5. The lowest BCUT2D eigenvalue weighted by molar-refractivity contribution is -0.135. The molecule has 0 saturated carbocycles. The molecule has 0 radical (unpaired) electrons. The largest absolute Gasteiger partial charge is 0.325 e. The van der Waals surface area contributed by atoms with Crippen LogP contribution in [0.1, 0.15) is 50.7 Å². The predicted molar refractivity (Wildman–Crippen MR) is 118 cm³/mol. The molecule has 6 nitrogen and oxygen atoms in total. The van der Waals surface area contributed by atoms with Gasteiger partial charge in [0, 0.05) is 45.3 Å². The zero-order valence-electron chi connectivity index (χ0n) is 18.7. The van der Waals surface area contributed by atoms with Gasteiger partial charge in [-0.1, -0.05) is 43.7 Å². The fraction of sp³-hybridized carbons (Fsp3) is 0.667. The number of hydrogen-bond donors (Lipinski definition) is 1. The number of nitrogens with one attached hydrogen (secondary N) is 1. The molecule has 0 bridgehead atoms. The van der Waals surface area contributed by atoms with E-state index >= 15 is 0 Å². The molecule has 164 valence electrons. The van der Waals surface area contributed by atoms with Crippen molar-refractivity contribution < 1.29 is 9.59 Å². The summed E-state index contributed by atoms with van der Waals surface area (Å²) in [5.41, 5.74) is 1.95. The van der Waals surface area contributed by atoms with Crippen LogP contribution in [-0.4, -0.2) is 70.9 Å². The maximum Gasteiger partial charge on any atom is 0.325 e. The molecule has 6 heteroatoms. The van der Waals surface area contributed by atoms with Crippen LogP contribution in [0.15, 0.2) is 24.3 Å². The van der Waals surface area contributed by atoms with Crippen LogP contribution in [0.25, 0.3) is 0 Å². The maximum atomic E-state index is 13.3. The molecule has 1 aromatic carbocycles. The monoisotopic (exact) mass is 412 g/mol. The second-order valence-corrected chi connectivity index (χ2v) is 9.88. The summed E-state index contributed by atoms with van der Waals surface area (Å²) in [5, 5.41) is 3.09. The molecule has 4 rings (SSSR count). The summed E-state index contributed by atoms with van der Waals surface area (Å²) in [7, 11) is 0. The first-order valence-corrected chi connectivity index (χ1v) is 11.5. The maximum absolute atomic E-state index is 13.3. The van der Waals surface area contributed by atoms with Crippen LogP contribution in [0, 0.1) is 12.8 Å². The van der Waals surface area contributed by atoms with Gasteiger partial charge in [-0.15, -0.1) is 0 Å². The van der Waals surface area contributed by atoms with Gasteiger partial charge < -0.3 is 10.2 Å². The van der Waals surface area contributed by atoms with Crippen LogP contribution in [0.4, 0.5) is 4.79 Å². The highest BCUT2D eigenvalue weighted by Crippen LogP contribution is 2.33. The molecule has 3 amide bonds. The van der Waals surface area contributed by atoms with Crippen LogP contribution >= 0.6 is 0 Å². The first kappa shape index (κ1) is 21.3. The molecule has 1 N–H and O–H groups in total. The Labute approximate surface area is 180 Å². The molecule has 30 heavy (non-hydrogen) atoms. The Hall–Kier alpha value is -1.92. The molecule has 1 spiro atoms. The fourth-order valence-corrected chi connectivity index (χ4v) is 5.35. The van der Waals surface area contributed by atoms with E-state index in [0.717, 1.165) is 65.0 Å².